The topological polar surface area (TPSA) is 47.8 Å². The van der Waals surface area contributed by atoms with Gasteiger partial charge in [-0.2, -0.15) is 4.98 Å². The van der Waals surface area contributed by atoms with E-state index in [4.69, 9.17) is 23.2 Å². The Hall–Kier alpha value is -1.91. The van der Waals surface area contributed by atoms with Gasteiger partial charge in [0, 0.05) is 22.7 Å². The summed E-state index contributed by atoms with van der Waals surface area (Å²) in [6.07, 6.45) is 1.63. The summed E-state index contributed by atoms with van der Waals surface area (Å²) < 4.78 is 1.41. The Bertz CT molecular complexity index is 829. The third-order valence-corrected chi connectivity index (χ3v) is 3.07. The predicted molar refractivity (Wildman–Crippen MR) is 75.2 cm³/mol. The van der Waals surface area contributed by atoms with Gasteiger partial charge in [-0.25, -0.2) is 4.98 Å². The van der Waals surface area contributed by atoms with Crippen LogP contribution in [0.15, 0.2) is 47.4 Å². The smallest absolute Gasteiger partial charge is 0.256 e. The van der Waals surface area contributed by atoms with E-state index in [0.29, 0.717) is 21.7 Å². The molecule has 0 spiro atoms. The van der Waals surface area contributed by atoms with Crippen molar-refractivity contribution in [2.24, 2.45) is 0 Å². The molecule has 3 aromatic rings. The molecular formula is C13H7Cl2N3O. The van der Waals surface area contributed by atoms with Crippen LogP contribution in [0.3, 0.4) is 0 Å². The van der Waals surface area contributed by atoms with Crippen LogP contribution in [0, 0.1) is 0 Å². The highest BCUT2D eigenvalue weighted by atomic mass is 35.5. The van der Waals surface area contributed by atoms with Gasteiger partial charge >= 0.3 is 0 Å². The lowest BCUT2D eigenvalue weighted by atomic mass is 10.2. The van der Waals surface area contributed by atoms with Gasteiger partial charge in [0.15, 0.2) is 5.82 Å². The summed E-state index contributed by atoms with van der Waals surface area (Å²) in [5.74, 6) is 0.420. The maximum atomic E-state index is 11.9. The molecular weight excluding hydrogens is 285 g/mol. The van der Waals surface area contributed by atoms with Gasteiger partial charge in [-0.3, -0.25) is 9.36 Å². The minimum Gasteiger partial charge on any atom is -0.269 e. The van der Waals surface area contributed by atoms with Gasteiger partial charge in [0.25, 0.3) is 5.56 Å². The SMILES string of the molecule is O=c1ccccn1-c1nc(Cl)nc2ccc(Cl)cc12. The number of aromatic nitrogens is 3. The molecule has 1 aromatic carbocycles. The standard InChI is InChI=1S/C13H7Cl2N3O/c14-8-4-5-10-9(7-8)12(17-13(15)16-10)18-6-2-1-3-11(18)19/h1-7H. The third-order valence-electron chi connectivity index (χ3n) is 2.66. The Morgan fingerprint density at radius 1 is 1.05 bits per heavy atom. The van der Waals surface area contributed by atoms with Crippen molar-refractivity contribution >= 4 is 34.1 Å². The van der Waals surface area contributed by atoms with Crippen molar-refractivity contribution in [3.05, 3.63) is 63.3 Å². The minimum atomic E-state index is -0.196. The molecule has 6 heteroatoms. The third kappa shape index (κ3) is 2.20. The van der Waals surface area contributed by atoms with Gasteiger partial charge in [-0.05, 0) is 35.9 Å². The normalized spacial score (nSPS) is 10.8. The highest BCUT2D eigenvalue weighted by molar-refractivity contribution is 6.31. The largest absolute Gasteiger partial charge is 0.269 e. The lowest BCUT2D eigenvalue weighted by molar-refractivity contribution is 0.943. The van der Waals surface area contributed by atoms with Crippen LogP contribution in [-0.4, -0.2) is 14.5 Å². The molecule has 0 aliphatic heterocycles. The van der Waals surface area contributed by atoms with Crippen LogP contribution < -0.4 is 5.56 Å². The zero-order valence-corrected chi connectivity index (χ0v) is 11.1. The van der Waals surface area contributed by atoms with Crippen LogP contribution in [0.1, 0.15) is 0 Å². The molecule has 2 aromatic heterocycles. The highest BCUT2D eigenvalue weighted by Crippen LogP contribution is 2.23. The molecule has 2 heterocycles. The fraction of sp³-hybridized carbons (Fsp3) is 0. The first-order chi connectivity index (χ1) is 9.15. The Labute approximate surface area is 118 Å². The number of benzene rings is 1. The molecule has 0 saturated carbocycles. The van der Waals surface area contributed by atoms with Gasteiger partial charge < -0.3 is 0 Å². The van der Waals surface area contributed by atoms with E-state index in [0.717, 1.165) is 0 Å². The zero-order valence-electron chi connectivity index (χ0n) is 9.55. The number of hydrogen-bond acceptors (Lipinski definition) is 3. The first kappa shape index (κ1) is 12.1. The Balaban J connectivity index is 2.43. The molecule has 0 N–H and O–H groups in total. The molecule has 0 unspecified atom stereocenters. The molecule has 19 heavy (non-hydrogen) atoms. The van der Waals surface area contributed by atoms with Gasteiger partial charge in [0.05, 0.1) is 5.52 Å². The van der Waals surface area contributed by atoms with Crippen LogP contribution in [-0.2, 0) is 0 Å². The monoisotopic (exact) mass is 291 g/mol. The number of pyridine rings is 1. The number of halogens is 2. The van der Waals surface area contributed by atoms with E-state index < -0.39 is 0 Å². The van der Waals surface area contributed by atoms with E-state index >= 15 is 0 Å². The lowest BCUT2D eigenvalue weighted by Crippen LogP contribution is -2.17. The van der Waals surface area contributed by atoms with E-state index in [1.807, 2.05) is 0 Å². The predicted octanol–water partition coefficient (Wildman–Crippen LogP) is 3.09. The van der Waals surface area contributed by atoms with Crippen LogP contribution in [0.5, 0.6) is 0 Å². The van der Waals surface area contributed by atoms with Crippen LogP contribution >= 0.6 is 23.2 Å². The van der Waals surface area contributed by atoms with Crippen molar-refractivity contribution in [1.82, 2.24) is 14.5 Å². The molecule has 0 aliphatic carbocycles. The molecule has 0 bridgehead atoms. The molecule has 0 radical (unpaired) electrons. The van der Waals surface area contributed by atoms with E-state index in [9.17, 15) is 4.79 Å². The average molecular weight is 292 g/mol. The zero-order chi connectivity index (χ0) is 13.4. The summed E-state index contributed by atoms with van der Waals surface area (Å²) >= 11 is 11.9. The molecule has 0 saturated heterocycles. The average Bonchev–Trinajstić information content (AvgIpc) is 2.39. The second-order valence-corrected chi connectivity index (χ2v) is 4.66. The van der Waals surface area contributed by atoms with Gasteiger partial charge in [0.2, 0.25) is 5.28 Å². The fourth-order valence-corrected chi connectivity index (χ4v) is 2.19. The van der Waals surface area contributed by atoms with Crippen LogP contribution in [0.25, 0.3) is 16.7 Å². The maximum Gasteiger partial charge on any atom is 0.256 e. The second kappa shape index (κ2) is 4.64. The summed E-state index contributed by atoms with van der Waals surface area (Å²) in [4.78, 5) is 20.1. The highest BCUT2D eigenvalue weighted by Gasteiger charge is 2.10. The minimum absolute atomic E-state index is 0.0839. The van der Waals surface area contributed by atoms with Gasteiger partial charge in [0.1, 0.15) is 0 Å². The molecule has 94 valence electrons. The van der Waals surface area contributed by atoms with Crippen molar-refractivity contribution in [3.63, 3.8) is 0 Å². The second-order valence-electron chi connectivity index (χ2n) is 3.89. The maximum absolute atomic E-state index is 11.9. The van der Waals surface area contributed by atoms with Crippen LogP contribution in [0.2, 0.25) is 10.3 Å². The molecule has 3 rings (SSSR count). The fourth-order valence-electron chi connectivity index (χ4n) is 1.84. The quantitative estimate of drug-likeness (QED) is 0.647. The summed E-state index contributed by atoms with van der Waals surface area (Å²) in [6, 6.07) is 10.0. The van der Waals surface area contributed by atoms with E-state index in [2.05, 4.69) is 9.97 Å². The first-order valence-electron chi connectivity index (χ1n) is 5.46. The van der Waals surface area contributed by atoms with E-state index in [-0.39, 0.29) is 10.8 Å². The van der Waals surface area contributed by atoms with Crippen LogP contribution in [0.4, 0.5) is 0 Å². The number of nitrogens with zero attached hydrogens (tertiary/aromatic N) is 3. The molecule has 4 nitrogen and oxygen atoms in total. The number of fused-ring (bicyclic) bond motifs is 1. The molecule has 0 fully saturated rings. The molecule has 0 amide bonds. The van der Waals surface area contributed by atoms with Crippen molar-refractivity contribution in [2.75, 3.05) is 0 Å². The number of hydrogen-bond donors (Lipinski definition) is 0. The van der Waals surface area contributed by atoms with Crippen molar-refractivity contribution in [3.8, 4) is 5.82 Å². The van der Waals surface area contributed by atoms with Crippen molar-refractivity contribution < 1.29 is 0 Å². The van der Waals surface area contributed by atoms with Gasteiger partial charge in [-0.1, -0.05) is 17.7 Å². The first-order valence-corrected chi connectivity index (χ1v) is 6.21. The van der Waals surface area contributed by atoms with Crippen molar-refractivity contribution in [1.29, 1.82) is 0 Å². The molecule has 0 aliphatic rings. The summed E-state index contributed by atoms with van der Waals surface area (Å²) in [6.45, 7) is 0. The van der Waals surface area contributed by atoms with Gasteiger partial charge in [-0.15, -0.1) is 0 Å². The van der Waals surface area contributed by atoms with Crippen molar-refractivity contribution in [2.45, 2.75) is 0 Å². The summed E-state index contributed by atoms with van der Waals surface area (Å²) in [5.41, 5.74) is 0.439. The summed E-state index contributed by atoms with van der Waals surface area (Å²) in [5, 5.41) is 1.30. The number of rotatable bonds is 1. The summed E-state index contributed by atoms with van der Waals surface area (Å²) in [7, 11) is 0. The van der Waals surface area contributed by atoms with E-state index in [1.165, 1.54) is 10.6 Å². The lowest BCUT2D eigenvalue weighted by Gasteiger charge is -2.08. The Morgan fingerprint density at radius 2 is 1.89 bits per heavy atom. The Kier molecular flexibility index (Phi) is 2.97. The van der Waals surface area contributed by atoms with E-state index in [1.54, 1.807) is 36.5 Å². The Morgan fingerprint density at radius 3 is 2.68 bits per heavy atom. The molecule has 0 atom stereocenters.